The molecule has 127 heavy (non-hydrogen) atoms. The Morgan fingerprint density at radius 1 is 0.189 bits per heavy atom. The van der Waals surface area contributed by atoms with Crippen LogP contribution in [-0.4, -0.2) is 159 Å². The summed E-state index contributed by atoms with van der Waals surface area (Å²) >= 11 is 0. The topological polar surface area (TPSA) is 629 Å². The van der Waals surface area contributed by atoms with Gasteiger partial charge in [0.2, 0.25) is 0 Å². The van der Waals surface area contributed by atoms with Crippen LogP contribution in [0.2, 0.25) is 0 Å². The lowest BCUT2D eigenvalue weighted by molar-refractivity contribution is 0.0676. The van der Waals surface area contributed by atoms with Crippen LogP contribution in [0.4, 0.5) is 51.2 Å². The number of carboxylic acid groups (broad SMARTS) is 9. The van der Waals surface area contributed by atoms with Gasteiger partial charge in [0, 0.05) is 120 Å². The van der Waals surface area contributed by atoms with Crippen molar-refractivity contribution in [1.29, 1.82) is 0 Å². The molecular weight excluding hydrogens is 1660 g/mol. The Morgan fingerprint density at radius 3 is 0.567 bits per heavy atom. The molecule has 37 heteroatoms. The van der Waals surface area contributed by atoms with Gasteiger partial charge in [-0.25, -0.2) is 43.2 Å². The van der Waals surface area contributed by atoms with Crippen molar-refractivity contribution < 1.29 is 137 Å². The summed E-state index contributed by atoms with van der Waals surface area (Å²) in [6.07, 6.45) is -1.30. The molecule has 0 saturated heterocycles. The van der Waals surface area contributed by atoms with Gasteiger partial charge in [0.1, 0.15) is 0 Å². The van der Waals surface area contributed by atoms with Gasteiger partial charge in [0.15, 0.2) is 11.6 Å². The number of nitrogens with one attached hydrogen (secondary N) is 8. The molecule has 0 aliphatic rings. The van der Waals surface area contributed by atoms with Crippen LogP contribution < -0.4 is 48.3 Å². The summed E-state index contributed by atoms with van der Waals surface area (Å²) in [5.41, 5.74) is -3.71. The molecule has 0 radical (unpaired) electrons. The van der Waals surface area contributed by atoms with Gasteiger partial charge in [-0.05, 0) is 243 Å². The van der Waals surface area contributed by atoms with E-state index >= 15 is 9.59 Å². The number of ketones is 2. The number of rotatable bonds is 31. The maximum absolute atomic E-state index is 15.2. The van der Waals surface area contributed by atoms with Crippen LogP contribution in [0.5, 0.6) is 0 Å². The third-order valence-electron chi connectivity index (χ3n) is 18.6. The SMILES string of the molecule is Cc1cc(C)cc(NC(=O)c2cc(NC(=O)c3cc(NC(=O)c4cc(CC(=O)c5cc(N)cc(C(=O)Cc6cc(C(=O)O)cc(C(=O)O)c6)c5)cc(C(=O)Nc5cc(C)cc(C(=O)O)c5)c4)cc(C(=O)Nc4cc(C(=O)O)cc(C(=O)Nc5cc(C(=O)O)cc(C(=O)O)c5)c4)c3)cc(C(=O)Nc3cc(C(=O)O)cc(C(=O)Nc4cc(C(=O)O)cc(C(=O)O)c4)c3)c2)c1. The zero-order chi connectivity index (χ0) is 92.4. The van der Waals surface area contributed by atoms with Crippen LogP contribution in [0.25, 0.3) is 0 Å². The summed E-state index contributed by atoms with van der Waals surface area (Å²) in [6, 6.07) is 35.2. The van der Waals surface area contributed by atoms with E-state index in [1.807, 2.05) is 0 Å². The van der Waals surface area contributed by atoms with E-state index in [4.69, 9.17) is 5.73 Å². The minimum atomic E-state index is -1.69. The number of hydrogen-bond donors (Lipinski definition) is 18. The average Bonchev–Trinajstić information content (AvgIpc) is 0.805. The fourth-order valence-electron chi connectivity index (χ4n) is 13.0. The van der Waals surface area contributed by atoms with Crippen molar-refractivity contribution in [3.63, 3.8) is 0 Å². The number of anilines is 9. The van der Waals surface area contributed by atoms with E-state index in [-0.39, 0.29) is 67.4 Å². The molecule has 0 fully saturated rings. The van der Waals surface area contributed by atoms with Crippen LogP contribution >= 0.6 is 0 Å². The molecule has 0 aromatic heterocycles. The molecule has 19 N–H and O–H groups in total. The van der Waals surface area contributed by atoms with Crippen molar-refractivity contribution >= 4 is 164 Å². The molecule has 0 spiro atoms. The Labute approximate surface area is 713 Å². The van der Waals surface area contributed by atoms with Crippen molar-refractivity contribution in [3.05, 3.63) is 334 Å². The summed E-state index contributed by atoms with van der Waals surface area (Å²) < 4.78 is 0. The number of aromatic carboxylic acids is 9. The Morgan fingerprint density at radius 2 is 0.339 bits per heavy atom. The number of Topliss-reactive ketones (excluding diaryl/α,β-unsaturated/α-hetero) is 2. The molecular formula is C90H65N9O28. The molecule has 0 aliphatic carbocycles. The van der Waals surface area contributed by atoms with Gasteiger partial charge in [-0.2, -0.15) is 0 Å². The second-order valence-corrected chi connectivity index (χ2v) is 28.5. The summed E-state index contributed by atoms with van der Waals surface area (Å²) in [4.78, 5) is 254. The summed E-state index contributed by atoms with van der Waals surface area (Å²) in [5.74, 6) is -24.7. The van der Waals surface area contributed by atoms with Crippen LogP contribution in [-0.2, 0) is 12.8 Å². The molecule has 8 amide bonds. The van der Waals surface area contributed by atoms with Crippen molar-refractivity contribution in [2.45, 2.75) is 33.6 Å². The Hall–Kier alpha value is -18.5. The van der Waals surface area contributed by atoms with Gasteiger partial charge >= 0.3 is 53.7 Å². The number of carboxylic acids is 9. The average molecular weight is 1720 g/mol. The van der Waals surface area contributed by atoms with Gasteiger partial charge < -0.3 is 94.2 Å². The molecule has 11 aromatic carbocycles. The minimum Gasteiger partial charge on any atom is -0.478 e. The smallest absolute Gasteiger partial charge is 0.335 e. The summed E-state index contributed by atoms with van der Waals surface area (Å²) in [6.45, 7) is 4.98. The first-order valence-electron chi connectivity index (χ1n) is 36.9. The van der Waals surface area contributed by atoms with Crippen LogP contribution in [0.3, 0.4) is 0 Å². The number of benzene rings is 11. The summed E-state index contributed by atoms with van der Waals surface area (Å²) in [7, 11) is 0. The number of nitrogens with two attached hydrogens (primary N) is 1. The third kappa shape index (κ3) is 22.7. The number of amides is 8. The molecule has 37 nitrogen and oxygen atoms in total. The Bertz CT molecular complexity index is 6590. The number of carbonyl (C=O) groups excluding carboxylic acids is 10. The zero-order valence-corrected chi connectivity index (χ0v) is 65.8. The monoisotopic (exact) mass is 1720 g/mol. The predicted octanol–water partition coefficient (Wildman–Crippen LogP) is 12.3. The minimum absolute atomic E-state index is 0.0340. The van der Waals surface area contributed by atoms with Crippen molar-refractivity contribution in [3.8, 4) is 0 Å². The van der Waals surface area contributed by atoms with Crippen molar-refractivity contribution in [1.82, 2.24) is 0 Å². The van der Waals surface area contributed by atoms with Gasteiger partial charge in [-0.15, -0.1) is 0 Å². The van der Waals surface area contributed by atoms with Gasteiger partial charge in [0.25, 0.3) is 47.3 Å². The number of carbonyl (C=O) groups is 19. The summed E-state index contributed by atoms with van der Waals surface area (Å²) in [5, 5.41) is 108. The van der Waals surface area contributed by atoms with Crippen molar-refractivity contribution in [2.75, 3.05) is 48.3 Å². The van der Waals surface area contributed by atoms with E-state index in [0.29, 0.717) is 16.7 Å². The number of nitrogen functional groups attached to an aromatic ring is 1. The highest BCUT2D eigenvalue weighted by molar-refractivity contribution is 6.17. The normalized spacial score (nSPS) is 10.7. The second kappa shape index (κ2) is 37.5. The molecule has 0 aliphatic heterocycles. The highest BCUT2D eigenvalue weighted by Crippen LogP contribution is 2.30. The van der Waals surface area contributed by atoms with Gasteiger partial charge in [-0.3, -0.25) is 47.9 Å². The van der Waals surface area contributed by atoms with Gasteiger partial charge in [-0.1, -0.05) is 6.07 Å². The molecule has 0 heterocycles. The maximum atomic E-state index is 15.2. The highest BCUT2D eigenvalue weighted by atomic mass is 16.4. The molecule has 0 saturated carbocycles. The number of hydrogen-bond acceptors (Lipinski definition) is 20. The third-order valence-corrected chi connectivity index (χ3v) is 18.6. The lowest BCUT2D eigenvalue weighted by Crippen LogP contribution is -2.21. The Kier molecular flexibility index (Phi) is 26.3. The molecule has 11 aromatic rings. The fraction of sp³-hybridized carbons (Fsp3) is 0.0556. The predicted molar refractivity (Wildman–Crippen MR) is 452 cm³/mol. The quantitative estimate of drug-likeness (QED) is 0.0142. The van der Waals surface area contributed by atoms with E-state index in [1.165, 1.54) is 37.3 Å². The standard InChI is InChI=1S/C90H65N9O28/c1-39-4-40(2)7-64(6-39)92-76(104)48-17-50(78(106)96-68-30-52(19-57(33-68)85(116)117)80(108)98-70-35-59(87(120)121)22-60(36-70)88(122)123)29-67(26-48)95-77(105)49-18-51(79(107)97-69-31-53(20-58(34-69)86(118)119)81(109)99-71-37-61(89(124)125)23-62(38-71)90(126)127)28-66(27-49)94-75(103)47-10-42(9-46(16-47)74(102)93-65-8-41(3)5-54(32-65)82(110)111)13-72(100)44-15-45(25-63(91)24-44)73(101)14-43-11-55(83(112)113)21-56(12-43)84(114)115/h4-12,15-38H,13-14,91H2,1-3H3,(H,92,104)(H,93,102)(H,94,103)(H,95,105)(H,96,106)(H,97,107)(H,98,108)(H,99,109)(H,110,111)(H,112,113)(H,114,115)(H,116,117)(H,118,119)(H,120,121)(H,122,123)(H,124,125)(H,126,127). The Balaban J connectivity index is 0.988. The van der Waals surface area contributed by atoms with Crippen LogP contribution in [0, 0.1) is 20.8 Å². The molecule has 0 unspecified atom stereocenters. The lowest BCUT2D eigenvalue weighted by atomic mass is 9.94. The maximum Gasteiger partial charge on any atom is 0.335 e. The molecule has 11 rings (SSSR count). The fourth-order valence-corrected chi connectivity index (χ4v) is 13.0. The lowest BCUT2D eigenvalue weighted by Gasteiger charge is -2.15. The molecule has 0 bridgehead atoms. The molecule has 638 valence electrons. The van der Waals surface area contributed by atoms with E-state index in [9.17, 15) is 127 Å². The van der Waals surface area contributed by atoms with Gasteiger partial charge in [0.05, 0.1) is 50.1 Å². The molecule has 0 atom stereocenters. The highest BCUT2D eigenvalue weighted by Gasteiger charge is 2.27. The van der Waals surface area contributed by atoms with E-state index < -0.39 is 226 Å². The zero-order valence-electron chi connectivity index (χ0n) is 65.8. The van der Waals surface area contributed by atoms with E-state index in [0.717, 1.165) is 152 Å². The largest absolute Gasteiger partial charge is 0.478 e. The van der Waals surface area contributed by atoms with Crippen LogP contribution in [0.1, 0.15) is 225 Å². The van der Waals surface area contributed by atoms with Crippen LogP contribution in [0.15, 0.2) is 200 Å². The number of aryl methyl sites for hydroxylation is 3. The van der Waals surface area contributed by atoms with E-state index in [1.54, 1.807) is 32.0 Å². The second-order valence-electron chi connectivity index (χ2n) is 28.5. The first kappa shape index (κ1) is 89.3. The first-order chi connectivity index (χ1) is 59.9. The first-order valence-corrected chi connectivity index (χ1v) is 36.9. The van der Waals surface area contributed by atoms with E-state index in [2.05, 4.69) is 42.5 Å². The van der Waals surface area contributed by atoms with Crippen molar-refractivity contribution in [2.24, 2.45) is 0 Å².